The number of phenols is 1. The Morgan fingerprint density at radius 1 is 1.50 bits per heavy atom. The van der Waals surface area contributed by atoms with Crippen LogP contribution in [0.25, 0.3) is 0 Å². The second-order valence-corrected chi connectivity index (χ2v) is 6.11. The lowest BCUT2D eigenvalue weighted by atomic mass is 9.95. The van der Waals surface area contributed by atoms with Crippen LogP contribution in [0.5, 0.6) is 11.5 Å². The number of halogens is 2. The van der Waals surface area contributed by atoms with E-state index in [0.717, 1.165) is 0 Å². The van der Waals surface area contributed by atoms with Crippen molar-refractivity contribution in [3.8, 4) is 11.5 Å². The average Bonchev–Trinajstić information content (AvgIpc) is 2.54. The van der Waals surface area contributed by atoms with E-state index < -0.39 is 18.0 Å². The first-order valence-corrected chi connectivity index (χ1v) is 8.19. The Kier molecular flexibility index (Phi) is 5.61. The third kappa shape index (κ3) is 3.29. The van der Waals surface area contributed by atoms with Gasteiger partial charge in [0.25, 0.3) is 0 Å². The molecule has 7 nitrogen and oxygen atoms in total. The van der Waals surface area contributed by atoms with E-state index in [1.807, 2.05) is 0 Å². The monoisotopic (exact) mass is 418 g/mol. The second-order valence-electron chi connectivity index (χ2n) is 4.94. The Morgan fingerprint density at radius 3 is 2.75 bits per heavy atom. The molecular formula is C15H16BrClN2O5. The standard InChI is InChI=1S/C15H16BrClN2O5/c1-4-24-8-5-7(11(17)10(16)13(8)20)12-9(14(21)23-3)6(2)18-15(22)19-12/h5,12,20H,4H2,1-3H3,(H2,18,19,22)/t12-/m0/s1. The minimum Gasteiger partial charge on any atom is -0.503 e. The smallest absolute Gasteiger partial charge is 0.337 e. The predicted octanol–water partition coefficient (Wildman–Crippen LogP) is 3.01. The van der Waals surface area contributed by atoms with Crippen LogP contribution in [0.3, 0.4) is 0 Å². The van der Waals surface area contributed by atoms with Crippen molar-refractivity contribution in [2.24, 2.45) is 0 Å². The first kappa shape index (κ1) is 18.4. The maximum Gasteiger partial charge on any atom is 0.337 e. The summed E-state index contributed by atoms with van der Waals surface area (Å²) in [7, 11) is 1.25. The molecule has 1 aromatic carbocycles. The third-order valence-corrected chi connectivity index (χ3v) is 4.87. The highest BCUT2D eigenvalue weighted by Gasteiger charge is 2.34. The summed E-state index contributed by atoms with van der Waals surface area (Å²) in [6.07, 6.45) is 0. The summed E-state index contributed by atoms with van der Waals surface area (Å²) in [5, 5.41) is 15.4. The van der Waals surface area contributed by atoms with Gasteiger partial charge in [-0.3, -0.25) is 0 Å². The third-order valence-electron chi connectivity index (χ3n) is 3.46. The number of esters is 1. The Bertz CT molecular complexity index is 735. The summed E-state index contributed by atoms with van der Waals surface area (Å²) in [5.74, 6) is -0.590. The number of benzene rings is 1. The largest absolute Gasteiger partial charge is 0.503 e. The number of carbonyl (C=O) groups is 2. The zero-order valence-corrected chi connectivity index (χ0v) is 15.5. The van der Waals surface area contributed by atoms with Gasteiger partial charge in [-0.1, -0.05) is 11.6 Å². The minimum atomic E-state index is -0.852. The zero-order chi connectivity index (χ0) is 18.0. The first-order chi connectivity index (χ1) is 11.3. The van der Waals surface area contributed by atoms with Gasteiger partial charge in [0.2, 0.25) is 0 Å². The number of methoxy groups -OCH3 is 1. The number of amides is 2. The summed E-state index contributed by atoms with van der Waals surface area (Å²) in [6.45, 7) is 3.67. The Morgan fingerprint density at radius 2 is 2.17 bits per heavy atom. The van der Waals surface area contributed by atoms with Crippen LogP contribution in [0.15, 0.2) is 21.8 Å². The summed E-state index contributed by atoms with van der Waals surface area (Å²) in [4.78, 5) is 24.0. The quantitative estimate of drug-likeness (QED) is 0.652. The molecule has 1 aliphatic heterocycles. The van der Waals surface area contributed by atoms with Gasteiger partial charge >= 0.3 is 12.0 Å². The van der Waals surface area contributed by atoms with Crippen molar-refractivity contribution in [2.45, 2.75) is 19.9 Å². The van der Waals surface area contributed by atoms with E-state index in [2.05, 4.69) is 26.6 Å². The van der Waals surface area contributed by atoms with Crippen molar-refractivity contribution in [3.63, 3.8) is 0 Å². The van der Waals surface area contributed by atoms with Crippen molar-refractivity contribution in [1.82, 2.24) is 10.6 Å². The highest BCUT2D eigenvalue weighted by Crippen LogP contribution is 2.45. The van der Waals surface area contributed by atoms with Crippen LogP contribution in [0.4, 0.5) is 4.79 Å². The molecule has 0 spiro atoms. The topological polar surface area (TPSA) is 96.9 Å². The molecule has 9 heteroatoms. The second kappa shape index (κ2) is 7.31. The van der Waals surface area contributed by atoms with E-state index >= 15 is 0 Å². The highest BCUT2D eigenvalue weighted by molar-refractivity contribution is 9.10. The van der Waals surface area contributed by atoms with E-state index in [1.54, 1.807) is 13.8 Å². The van der Waals surface area contributed by atoms with Crippen LogP contribution in [-0.4, -0.2) is 30.8 Å². The van der Waals surface area contributed by atoms with Crippen LogP contribution >= 0.6 is 27.5 Å². The lowest BCUT2D eigenvalue weighted by Gasteiger charge is -2.29. The Labute approximate surface area is 152 Å². The number of phenolic OH excluding ortho intramolecular Hbond substituents is 1. The molecule has 1 aliphatic rings. The van der Waals surface area contributed by atoms with Gasteiger partial charge in [0.1, 0.15) is 0 Å². The van der Waals surface area contributed by atoms with Crippen LogP contribution < -0.4 is 15.4 Å². The van der Waals surface area contributed by atoms with Gasteiger partial charge in [-0.15, -0.1) is 0 Å². The molecular weight excluding hydrogens is 404 g/mol. The number of allylic oxidation sites excluding steroid dienone is 1. The molecule has 2 rings (SSSR count). The van der Waals surface area contributed by atoms with E-state index in [1.165, 1.54) is 13.2 Å². The van der Waals surface area contributed by atoms with Gasteiger partial charge in [0, 0.05) is 11.3 Å². The Hall–Kier alpha value is -1.93. The van der Waals surface area contributed by atoms with Crippen molar-refractivity contribution < 1.29 is 24.2 Å². The van der Waals surface area contributed by atoms with Crippen LogP contribution in [-0.2, 0) is 9.53 Å². The van der Waals surface area contributed by atoms with Gasteiger partial charge in [0.05, 0.1) is 34.8 Å². The number of ether oxygens (including phenoxy) is 2. The van der Waals surface area contributed by atoms with E-state index in [4.69, 9.17) is 21.1 Å². The summed E-state index contributed by atoms with van der Waals surface area (Å²) < 4.78 is 10.4. The minimum absolute atomic E-state index is 0.150. The van der Waals surface area contributed by atoms with Crippen LogP contribution in [0, 0.1) is 0 Å². The molecule has 1 atom stereocenters. The fourth-order valence-corrected chi connectivity index (χ4v) is 3.07. The summed E-state index contributed by atoms with van der Waals surface area (Å²) in [5.41, 5.74) is 0.951. The lowest BCUT2D eigenvalue weighted by Crippen LogP contribution is -2.45. The molecule has 0 bridgehead atoms. The summed E-state index contributed by atoms with van der Waals surface area (Å²) >= 11 is 9.50. The van der Waals surface area contributed by atoms with E-state index in [9.17, 15) is 14.7 Å². The molecule has 0 aromatic heterocycles. The van der Waals surface area contributed by atoms with Crippen molar-refractivity contribution in [3.05, 3.63) is 32.4 Å². The maximum atomic E-state index is 12.1. The van der Waals surface area contributed by atoms with Crippen molar-refractivity contribution >= 4 is 39.5 Å². The SMILES string of the molecule is CCOc1cc([C@@H]2NC(=O)NC(C)=C2C(=O)OC)c(Cl)c(Br)c1O. The van der Waals surface area contributed by atoms with Gasteiger partial charge in [-0.05, 0) is 35.8 Å². The van der Waals surface area contributed by atoms with Crippen molar-refractivity contribution in [2.75, 3.05) is 13.7 Å². The van der Waals surface area contributed by atoms with Crippen molar-refractivity contribution in [1.29, 1.82) is 0 Å². The van der Waals surface area contributed by atoms with Crippen LogP contribution in [0.1, 0.15) is 25.5 Å². The molecule has 1 aromatic rings. The molecule has 130 valence electrons. The number of nitrogens with one attached hydrogen (secondary N) is 2. The number of rotatable bonds is 4. The summed E-state index contributed by atoms with van der Waals surface area (Å²) in [6, 6.07) is 0.150. The van der Waals surface area contributed by atoms with Gasteiger partial charge < -0.3 is 25.2 Å². The van der Waals surface area contributed by atoms with Gasteiger partial charge in [-0.25, -0.2) is 9.59 Å². The number of carbonyl (C=O) groups excluding carboxylic acids is 2. The molecule has 0 saturated heterocycles. The molecule has 0 saturated carbocycles. The maximum absolute atomic E-state index is 12.1. The lowest BCUT2D eigenvalue weighted by molar-refractivity contribution is -0.136. The molecule has 0 aliphatic carbocycles. The fourth-order valence-electron chi connectivity index (χ4n) is 2.40. The normalized spacial score (nSPS) is 17.2. The van der Waals surface area contributed by atoms with E-state index in [-0.39, 0.29) is 26.6 Å². The number of aromatic hydroxyl groups is 1. The Balaban J connectivity index is 2.66. The average molecular weight is 420 g/mol. The molecule has 1 heterocycles. The molecule has 0 unspecified atom stereocenters. The molecule has 3 N–H and O–H groups in total. The number of urea groups is 1. The van der Waals surface area contributed by atoms with E-state index in [0.29, 0.717) is 17.9 Å². The molecule has 24 heavy (non-hydrogen) atoms. The van der Waals surface area contributed by atoms with Crippen LogP contribution in [0.2, 0.25) is 5.02 Å². The number of hydrogen-bond acceptors (Lipinski definition) is 5. The number of hydrogen-bond donors (Lipinski definition) is 3. The molecule has 0 fully saturated rings. The van der Waals surface area contributed by atoms with Gasteiger partial charge in [-0.2, -0.15) is 0 Å². The zero-order valence-electron chi connectivity index (χ0n) is 13.2. The first-order valence-electron chi connectivity index (χ1n) is 7.02. The predicted molar refractivity (Wildman–Crippen MR) is 91.1 cm³/mol. The fraction of sp³-hybridized carbons (Fsp3) is 0.333. The molecule has 2 amide bonds. The van der Waals surface area contributed by atoms with Gasteiger partial charge in [0.15, 0.2) is 11.5 Å². The highest BCUT2D eigenvalue weighted by atomic mass is 79.9. The molecule has 0 radical (unpaired) electrons.